The number of carboxylic acids is 1. The van der Waals surface area contributed by atoms with Gasteiger partial charge in [0.2, 0.25) is 0 Å². The van der Waals surface area contributed by atoms with Crippen molar-refractivity contribution in [1.82, 2.24) is 0 Å². The van der Waals surface area contributed by atoms with Crippen molar-refractivity contribution < 1.29 is 19.4 Å². The molecular weight excluding hydrogens is 492 g/mol. The maximum atomic E-state index is 13.1. The van der Waals surface area contributed by atoms with E-state index >= 15 is 0 Å². The third-order valence-electron chi connectivity index (χ3n) is 4.88. The first-order valence-corrected chi connectivity index (χ1v) is 11.5. The zero-order valence-corrected chi connectivity index (χ0v) is 19.8. The van der Waals surface area contributed by atoms with Crippen LogP contribution >= 0.6 is 35.6 Å². The number of rotatable bonds is 6. The molecule has 1 amide bonds. The minimum Gasteiger partial charge on any atom is -0.488 e. The largest absolute Gasteiger partial charge is 0.488 e. The van der Waals surface area contributed by atoms with Gasteiger partial charge in [0.05, 0.1) is 27.8 Å². The molecule has 0 bridgehead atoms. The van der Waals surface area contributed by atoms with Crippen LogP contribution in [0.5, 0.6) is 5.75 Å². The molecule has 4 rings (SSSR count). The van der Waals surface area contributed by atoms with Gasteiger partial charge in [0.15, 0.2) is 4.32 Å². The summed E-state index contributed by atoms with van der Waals surface area (Å²) in [5, 5.41) is 18.7. The molecule has 0 aromatic heterocycles. The van der Waals surface area contributed by atoms with Crippen molar-refractivity contribution in [3.8, 4) is 11.8 Å². The molecular formula is C25H15ClN2O4S2. The summed E-state index contributed by atoms with van der Waals surface area (Å²) in [6.07, 6.45) is 1.65. The van der Waals surface area contributed by atoms with Gasteiger partial charge in [0.25, 0.3) is 5.91 Å². The number of nitrogens with zero attached hydrogens (tertiary/aromatic N) is 2. The Kier molecular flexibility index (Phi) is 6.98. The third-order valence-corrected chi connectivity index (χ3v) is 6.42. The molecule has 0 radical (unpaired) electrons. The molecule has 1 aliphatic rings. The fourth-order valence-corrected chi connectivity index (χ4v) is 4.68. The molecule has 1 saturated heterocycles. The van der Waals surface area contributed by atoms with Gasteiger partial charge in [-0.15, -0.1) is 0 Å². The van der Waals surface area contributed by atoms with Gasteiger partial charge in [-0.3, -0.25) is 9.69 Å². The lowest BCUT2D eigenvalue weighted by Gasteiger charge is -2.15. The number of nitriles is 1. The second kappa shape index (κ2) is 10.1. The highest BCUT2D eigenvalue weighted by Crippen LogP contribution is 2.38. The molecule has 1 aliphatic heterocycles. The van der Waals surface area contributed by atoms with Crippen LogP contribution in [0.4, 0.5) is 5.69 Å². The monoisotopic (exact) mass is 506 g/mol. The van der Waals surface area contributed by atoms with Crippen LogP contribution < -0.4 is 9.64 Å². The number of hydrogen-bond donors (Lipinski definition) is 1. The van der Waals surface area contributed by atoms with E-state index in [4.69, 9.17) is 33.8 Å². The topological polar surface area (TPSA) is 90.6 Å². The molecule has 3 aromatic carbocycles. The van der Waals surface area contributed by atoms with Gasteiger partial charge >= 0.3 is 5.97 Å². The van der Waals surface area contributed by atoms with E-state index in [0.717, 1.165) is 17.3 Å². The summed E-state index contributed by atoms with van der Waals surface area (Å²) in [6.45, 7) is 0.261. The Morgan fingerprint density at radius 2 is 1.94 bits per heavy atom. The van der Waals surface area contributed by atoms with Crippen molar-refractivity contribution >= 4 is 63.5 Å². The maximum absolute atomic E-state index is 13.1. The highest BCUT2D eigenvalue weighted by molar-refractivity contribution is 8.27. The minimum absolute atomic E-state index is 0.0591. The van der Waals surface area contributed by atoms with E-state index in [-0.39, 0.29) is 18.1 Å². The van der Waals surface area contributed by atoms with Gasteiger partial charge in [0, 0.05) is 10.6 Å². The normalized spacial score (nSPS) is 14.4. The van der Waals surface area contributed by atoms with E-state index < -0.39 is 5.97 Å². The molecule has 1 fully saturated rings. The van der Waals surface area contributed by atoms with Crippen LogP contribution in [0, 0.1) is 11.3 Å². The van der Waals surface area contributed by atoms with E-state index in [1.807, 2.05) is 12.1 Å². The Morgan fingerprint density at radius 1 is 1.18 bits per heavy atom. The fourth-order valence-electron chi connectivity index (χ4n) is 3.21. The molecule has 1 N–H and O–H groups in total. The van der Waals surface area contributed by atoms with Crippen LogP contribution in [0.2, 0.25) is 5.02 Å². The Labute approximate surface area is 210 Å². The van der Waals surface area contributed by atoms with Crippen molar-refractivity contribution in [2.75, 3.05) is 4.90 Å². The summed E-state index contributed by atoms with van der Waals surface area (Å²) in [4.78, 5) is 26.1. The number of halogens is 1. The molecule has 0 aliphatic carbocycles. The van der Waals surface area contributed by atoms with Gasteiger partial charge < -0.3 is 9.84 Å². The number of ether oxygens (including phenoxy) is 1. The summed E-state index contributed by atoms with van der Waals surface area (Å²) in [7, 11) is 0. The average molecular weight is 507 g/mol. The minimum atomic E-state index is -1.09. The van der Waals surface area contributed by atoms with E-state index in [1.54, 1.807) is 48.5 Å². The summed E-state index contributed by atoms with van der Waals surface area (Å²) in [6, 6.07) is 20.3. The number of thioether (sulfide) groups is 1. The molecule has 168 valence electrons. The van der Waals surface area contributed by atoms with E-state index in [0.29, 0.717) is 36.8 Å². The van der Waals surface area contributed by atoms with Gasteiger partial charge in [-0.25, -0.2) is 4.79 Å². The van der Waals surface area contributed by atoms with Crippen molar-refractivity contribution in [2.45, 2.75) is 6.61 Å². The van der Waals surface area contributed by atoms with Crippen LogP contribution in [-0.4, -0.2) is 21.3 Å². The predicted molar refractivity (Wildman–Crippen MR) is 136 cm³/mol. The second-order valence-corrected chi connectivity index (χ2v) is 9.26. The smallest absolute Gasteiger partial charge is 0.335 e. The second-order valence-electron chi connectivity index (χ2n) is 7.15. The van der Waals surface area contributed by atoms with Crippen LogP contribution in [0.15, 0.2) is 71.6 Å². The lowest BCUT2D eigenvalue weighted by molar-refractivity contribution is -0.113. The van der Waals surface area contributed by atoms with Crippen molar-refractivity contribution in [2.24, 2.45) is 0 Å². The number of carboxylic acid groups (broad SMARTS) is 1. The lowest BCUT2D eigenvalue weighted by atomic mass is 10.1. The zero-order valence-electron chi connectivity index (χ0n) is 17.4. The van der Waals surface area contributed by atoms with Gasteiger partial charge in [-0.1, -0.05) is 53.8 Å². The van der Waals surface area contributed by atoms with Gasteiger partial charge in [-0.05, 0) is 60.2 Å². The van der Waals surface area contributed by atoms with Crippen LogP contribution in [0.3, 0.4) is 0 Å². The molecule has 1 heterocycles. The number of aromatic carboxylic acids is 1. The molecule has 3 aromatic rings. The number of thiocarbonyl (C=S) groups is 1. The predicted octanol–water partition coefficient (Wildman–Crippen LogP) is 5.89. The first-order valence-electron chi connectivity index (χ1n) is 9.88. The van der Waals surface area contributed by atoms with Gasteiger partial charge in [-0.2, -0.15) is 5.26 Å². The average Bonchev–Trinajstić information content (AvgIpc) is 3.11. The van der Waals surface area contributed by atoms with E-state index in [9.17, 15) is 14.7 Å². The van der Waals surface area contributed by atoms with Crippen molar-refractivity contribution in [1.29, 1.82) is 5.26 Å². The Bertz CT molecular complexity index is 1380. The highest BCUT2D eigenvalue weighted by atomic mass is 35.5. The standard InChI is InChI=1S/C25H15ClN2O4S2/c26-19-8-9-21(32-14-16-6-4-15(13-27)5-7-16)18(10-19)12-22-23(29)28(25(33)34-22)20-3-1-2-17(11-20)24(30)31/h1-12H,14H2,(H,30,31)/b22-12+. The molecule has 6 nitrogen and oxygen atoms in total. The summed E-state index contributed by atoms with van der Waals surface area (Å²) in [5.74, 6) is -0.937. The number of carbonyl (C=O) groups excluding carboxylic acids is 1. The van der Waals surface area contributed by atoms with Crippen LogP contribution in [0.25, 0.3) is 6.08 Å². The number of carbonyl (C=O) groups is 2. The Hall–Kier alpha value is -3.64. The molecule has 0 unspecified atom stereocenters. The fraction of sp³-hybridized carbons (Fsp3) is 0.0400. The maximum Gasteiger partial charge on any atom is 0.335 e. The molecule has 0 spiro atoms. The van der Waals surface area contributed by atoms with Crippen LogP contribution in [-0.2, 0) is 11.4 Å². The zero-order chi connectivity index (χ0) is 24.2. The number of benzene rings is 3. The Balaban J connectivity index is 1.60. The number of amides is 1. The molecule has 34 heavy (non-hydrogen) atoms. The molecule has 0 saturated carbocycles. The summed E-state index contributed by atoms with van der Waals surface area (Å²) in [5.41, 5.74) is 2.48. The number of hydrogen-bond acceptors (Lipinski definition) is 6. The van der Waals surface area contributed by atoms with Crippen molar-refractivity contribution in [3.05, 3.63) is 98.9 Å². The Morgan fingerprint density at radius 3 is 2.65 bits per heavy atom. The SMILES string of the molecule is N#Cc1ccc(COc2ccc(Cl)cc2/C=C2/SC(=S)N(c3cccc(C(=O)O)c3)C2=O)cc1. The van der Waals surface area contributed by atoms with Crippen molar-refractivity contribution in [3.63, 3.8) is 0 Å². The van der Waals surface area contributed by atoms with E-state index in [2.05, 4.69) is 6.07 Å². The lowest BCUT2D eigenvalue weighted by Crippen LogP contribution is -2.27. The molecule has 9 heteroatoms. The quantitative estimate of drug-likeness (QED) is 0.329. The first-order chi connectivity index (χ1) is 16.4. The van der Waals surface area contributed by atoms with Crippen LogP contribution in [0.1, 0.15) is 27.0 Å². The van der Waals surface area contributed by atoms with Gasteiger partial charge in [0.1, 0.15) is 12.4 Å². The molecule has 0 atom stereocenters. The first kappa shape index (κ1) is 23.5. The highest BCUT2D eigenvalue weighted by Gasteiger charge is 2.33. The summed E-state index contributed by atoms with van der Waals surface area (Å²) < 4.78 is 6.25. The van der Waals surface area contributed by atoms with E-state index in [1.165, 1.54) is 17.0 Å². The third kappa shape index (κ3) is 5.13. The number of anilines is 1. The summed E-state index contributed by atoms with van der Waals surface area (Å²) >= 11 is 12.7.